The van der Waals surface area contributed by atoms with Crippen molar-refractivity contribution >= 4 is 26.8 Å². The molecule has 2 aromatic heterocycles. The molecule has 21 heteroatoms. The topological polar surface area (TPSA) is 229 Å². The number of ether oxygens (including phenoxy) is 4. The summed E-state index contributed by atoms with van der Waals surface area (Å²) in [6, 6.07) is 19.3. The number of nitrogens with zero attached hydrogens (tertiary/aromatic N) is 2. The van der Waals surface area contributed by atoms with E-state index in [1.54, 1.807) is 13.8 Å². The molecule has 4 fully saturated rings. The number of aromatic nitrogens is 4. The number of hydrogen-bond acceptors (Lipinski definition) is 14. The molecule has 0 amide bonds. The van der Waals surface area contributed by atoms with E-state index >= 15 is 0 Å². The molecule has 76 heavy (non-hydrogen) atoms. The van der Waals surface area contributed by atoms with E-state index in [1.807, 2.05) is 74.5 Å². The molecule has 8 atom stereocenters. The van der Waals surface area contributed by atoms with Crippen molar-refractivity contribution in [3.63, 3.8) is 0 Å². The SMILES string of the molecule is CC[C@@]1(C2(O[Si](C)(C)C(C)(C)C)CC2)O[C@@H](n2cc(C)c(=O)[nH]c2=O)[C@@H](O)C1OCc1ccccc1.CC[C@@]1(C2(O[Si](C)(C)C(C)(C)C)CC2)O[C@@H](n2cc(C)c(=O)[nH]c2=O)[C@@H](OS(C)(=O)=O)C1OCc1ccccc1. The van der Waals surface area contributed by atoms with Gasteiger partial charge in [0.1, 0.15) is 29.5 Å². The Labute approximate surface area is 449 Å². The van der Waals surface area contributed by atoms with Gasteiger partial charge in [-0.1, -0.05) is 116 Å². The van der Waals surface area contributed by atoms with Gasteiger partial charge in [0.15, 0.2) is 35.2 Å². The molecule has 0 bridgehead atoms. The normalized spacial score (nSPS) is 27.2. The third-order valence-corrected chi connectivity index (χ3v) is 26.5. The molecule has 2 aliphatic heterocycles. The second kappa shape index (κ2) is 21.5. The molecule has 2 saturated heterocycles. The van der Waals surface area contributed by atoms with Crippen LogP contribution in [-0.2, 0) is 55.3 Å². The first kappa shape index (κ1) is 59.5. The van der Waals surface area contributed by atoms with Crippen molar-refractivity contribution in [2.45, 2.75) is 217 Å². The van der Waals surface area contributed by atoms with Crippen LogP contribution in [0.2, 0.25) is 36.3 Å². The summed E-state index contributed by atoms with van der Waals surface area (Å²) < 4.78 is 74.1. The second-order valence-electron chi connectivity index (χ2n) is 24.4. The predicted molar refractivity (Wildman–Crippen MR) is 295 cm³/mol. The van der Waals surface area contributed by atoms with Gasteiger partial charge in [0.2, 0.25) is 0 Å². The molecule has 2 saturated carbocycles. The van der Waals surface area contributed by atoms with Gasteiger partial charge in [-0.3, -0.25) is 32.9 Å². The minimum atomic E-state index is -4.02. The third kappa shape index (κ3) is 11.6. The Morgan fingerprint density at radius 3 is 1.38 bits per heavy atom. The van der Waals surface area contributed by atoms with Crippen LogP contribution in [0.25, 0.3) is 0 Å². The van der Waals surface area contributed by atoms with Gasteiger partial charge in [-0.15, -0.1) is 0 Å². The van der Waals surface area contributed by atoms with E-state index in [2.05, 4.69) is 77.7 Å². The van der Waals surface area contributed by atoms with Crippen molar-refractivity contribution in [1.82, 2.24) is 19.1 Å². The summed E-state index contributed by atoms with van der Waals surface area (Å²) in [5.74, 6) is 0. The van der Waals surface area contributed by atoms with Crippen LogP contribution in [0.15, 0.2) is 92.2 Å². The van der Waals surface area contributed by atoms with Gasteiger partial charge >= 0.3 is 11.4 Å². The molecule has 8 rings (SSSR count). The molecule has 2 unspecified atom stereocenters. The first-order valence-corrected chi connectivity index (χ1v) is 34.1. The Kier molecular flexibility index (Phi) is 16.8. The summed E-state index contributed by atoms with van der Waals surface area (Å²) >= 11 is 0. The van der Waals surface area contributed by atoms with Crippen LogP contribution in [-0.4, -0.2) is 102 Å². The summed E-state index contributed by atoms with van der Waals surface area (Å²) in [6.07, 6.45) is 1.47. The quantitative estimate of drug-likeness (QED) is 0.0633. The van der Waals surface area contributed by atoms with E-state index in [9.17, 15) is 32.7 Å². The molecule has 4 aromatic rings. The van der Waals surface area contributed by atoms with Gasteiger partial charge in [0.05, 0.1) is 30.7 Å². The van der Waals surface area contributed by atoms with Crippen molar-refractivity contribution in [1.29, 1.82) is 0 Å². The number of benzene rings is 2. The van der Waals surface area contributed by atoms with Crippen LogP contribution in [0, 0.1) is 13.8 Å². The fourth-order valence-corrected chi connectivity index (χ4v) is 14.4. The molecular weight excluding hydrogens is 1030 g/mol. The lowest BCUT2D eigenvalue weighted by atomic mass is 9.84. The molecule has 2 aromatic carbocycles. The summed E-state index contributed by atoms with van der Waals surface area (Å²) in [5.41, 5.74) is -3.33. The number of aliphatic hydroxyl groups excluding tert-OH is 1. The molecule has 0 spiro atoms. The minimum Gasteiger partial charge on any atom is -0.408 e. The van der Waals surface area contributed by atoms with Crippen LogP contribution in [0.4, 0.5) is 0 Å². The number of nitrogens with one attached hydrogen (secondary N) is 2. The maximum atomic E-state index is 13.1. The molecular formula is C55H82N4O14SSi2. The zero-order chi connectivity index (χ0) is 56.2. The highest BCUT2D eigenvalue weighted by Gasteiger charge is 2.74. The maximum Gasteiger partial charge on any atom is 0.330 e. The average molecular weight is 1110 g/mol. The summed E-state index contributed by atoms with van der Waals surface area (Å²) in [5, 5.41) is 11.5. The second-order valence-corrected chi connectivity index (χ2v) is 35.4. The van der Waals surface area contributed by atoms with E-state index in [1.165, 1.54) is 21.5 Å². The highest BCUT2D eigenvalue weighted by atomic mass is 32.2. The standard InChI is InChI=1S/C28H42N2O8SSi.C27H40N2O6Si/c1-9-28(27(15-16-27)38-40(7,8)26(3,4)5)22(35-18-20-13-11-10-12-14-20)21(37-39(6,33)34)24(36-28)30-17-19(2)23(31)29-25(30)32;1-8-27(26(14-15-26)35-36(6,7)25(3,4)5)21(33-17-19-12-10-9-11-13-19)20(30)23(34-27)29-16-18(2)22(31)28-24(29)32/h10-14,17,21-22,24H,9,15-16,18H2,1-8H3,(H,29,31,32);9-13,16,20-21,23,30H,8,14-15,17H2,1-7H3,(H,28,31,32)/t21-,22?,24+,28+;20-,21?,23+,27+/m00/s1. The highest BCUT2D eigenvalue weighted by Crippen LogP contribution is 2.63. The fraction of sp³-hybridized carbons (Fsp3) is 0.636. The summed E-state index contributed by atoms with van der Waals surface area (Å²) in [7, 11) is -8.56. The lowest BCUT2D eigenvalue weighted by Gasteiger charge is -2.47. The van der Waals surface area contributed by atoms with E-state index < -0.39 is 109 Å². The van der Waals surface area contributed by atoms with Gasteiger partial charge in [0.25, 0.3) is 21.2 Å². The zero-order valence-corrected chi connectivity index (χ0v) is 49.9. The van der Waals surface area contributed by atoms with E-state index in [-0.39, 0.29) is 28.9 Å². The highest BCUT2D eigenvalue weighted by molar-refractivity contribution is 7.86. The number of aromatic amines is 2. The largest absolute Gasteiger partial charge is 0.408 e. The lowest BCUT2D eigenvalue weighted by Crippen LogP contribution is -2.60. The van der Waals surface area contributed by atoms with Gasteiger partial charge in [-0.25, -0.2) is 9.59 Å². The van der Waals surface area contributed by atoms with Crippen molar-refractivity contribution in [2.24, 2.45) is 0 Å². The Bertz CT molecular complexity index is 3050. The maximum absolute atomic E-state index is 13.1. The molecule has 2 aliphatic carbocycles. The fourth-order valence-electron chi connectivity index (χ4n) is 10.5. The minimum absolute atomic E-state index is 0.0124. The summed E-state index contributed by atoms with van der Waals surface area (Å²) in [6.45, 7) is 29.5. The molecule has 420 valence electrons. The van der Waals surface area contributed by atoms with Crippen LogP contribution in [0.3, 0.4) is 0 Å². The monoisotopic (exact) mass is 1110 g/mol. The van der Waals surface area contributed by atoms with Gasteiger partial charge < -0.3 is 32.9 Å². The van der Waals surface area contributed by atoms with Crippen molar-refractivity contribution < 1.29 is 45.5 Å². The summed E-state index contributed by atoms with van der Waals surface area (Å²) in [4.78, 5) is 54.6. The van der Waals surface area contributed by atoms with Gasteiger partial charge in [-0.05, 0) is 99.8 Å². The number of rotatable bonds is 18. The van der Waals surface area contributed by atoms with E-state index in [0.29, 0.717) is 31.2 Å². The number of H-pyrrole nitrogens is 2. The van der Waals surface area contributed by atoms with Crippen molar-refractivity contribution in [2.75, 3.05) is 6.26 Å². The lowest BCUT2D eigenvalue weighted by molar-refractivity contribution is -0.185. The van der Waals surface area contributed by atoms with Crippen LogP contribution in [0.5, 0.6) is 0 Å². The number of hydrogen-bond donors (Lipinski definition) is 3. The predicted octanol–water partition coefficient (Wildman–Crippen LogP) is 8.03. The first-order valence-electron chi connectivity index (χ1n) is 26.5. The molecule has 0 radical (unpaired) electrons. The Morgan fingerprint density at radius 1 is 0.645 bits per heavy atom. The van der Waals surface area contributed by atoms with Gasteiger partial charge in [-0.2, -0.15) is 8.42 Å². The average Bonchev–Trinajstić information content (AvgIpc) is 4.27. The number of aliphatic hydroxyl groups is 1. The Hall–Kier alpha value is -4.14. The van der Waals surface area contributed by atoms with Crippen LogP contribution in [0.1, 0.15) is 129 Å². The smallest absolute Gasteiger partial charge is 0.330 e. The van der Waals surface area contributed by atoms with Crippen molar-refractivity contribution in [3.8, 4) is 0 Å². The number of aryl methyl sites for hydroxylation is 2. The molecule has 4 heterocycles. The Balaban J connectivity index is 0.000000222. The van der Waals surface area contributed by atoms with Crippen LogP contribution >= 0.6 is 0 Å². The van der Waals surface area contributed by atoms with Crippen molar-refractivity contribution in [3.05, 3.63) is 137 Å². The molecule has 3 N–H and O–H groups in total. The Morgan fingerprint density at radius 2 is 1.01 bits per heavy atom. The zero-order valence-electron chi connectivity index (χ0n) is 47.1. The first-order chi connectivity index (χ1) is 35.2. The van der Waals surface area contributed by atoms with E-state index in [0.717, 1.165) is 30.2 Å². The molecule has 4 aliphatic rings. The van der Waals surface area contributed by atoms with Crippen LogP contribution < -0.4 is 22.5 Å². The third-order valence-electron chi connectivity index (χ3n) is 16.9. The molecule has 18 nitrogen and oxygen atoms in total. The van der Waals surface area contributed by atoms with E-state index in [4.69, 9.17) is 32.0 Å². The van der Waals surface area contributed by atoms with Gasteiger partial charge in [0, 0.05) is 23.5 Å².